The molecule has 0 atom stereocenters. The van der Waals surface area contributed by atoms with Crippen molar-refractivity contribution in [1.29, 1.82) is 0 Å². The van der Waals surface area contributed by atoms with Crippen molar-refractivity contribution in [2.75, 3.05) is 32.7 Å². The summed E-state index contributed by atoms with van der Waals surface area (Å²) in [6.07, 6.45) is 7.01. The topological polar surface area (TPSA) is 80.0 Å². The molecule has 0 saturated carbocycles. The van der Waals surface area contributed by atoms with Gasteiger partial charge in [0.25, 0.3) is 5.56 Å². The van der Waals surface area contributed by atoms with E-state index in [-0.39, 0.29) is 5.56 Å². The highest BCUT2D eigenvalue weighted by Gasteiger charge is 2.17. The molecular formula is C20H23N7O. The molecule has 0 unspecified atom stereocenters. The van der Waals surface area contributed by atoms with E-state index in [4.69, 9.17) is 0 Å². The van der Waals surface area contributed by atoms with Gasteiger partial charge in [0.2, 0.25) is 0 Å². The molecule has 0 aromatic carbocycles. The minimum absolute atomic E-state index is 0.0679. The number of piperazine rings is 1. The fourth-order valence-electron chi connectivity index (χ4n) is 3.36. The molecule has 0 amide bonds. The highest BCUT2D eigenvalue weighted by atomic mass is 16.1. The van der Waals surface area contributed by atoms with E-state index in [9.17, 15) is 4.79 Å². The molecule has 3 aromatic heterocycles. The molecule has 1 saturated heterocycles. The second-order valence-corrected chi connectivity index (χ2v) is 6.88. The van der Waals surface area contributed by atoms with Gasteiger partial charge in [0, 0.05) is 69.5 Å². The van der Waals surface area contributed by atoms with Crippen LogP contribution < -0.4 is 5.56 Å². The van der Waals surface area contributed by atoms with Gasteiger partial charge >= 0.3 is 0 Å². The van der Waals surface area contributed by atoms with Crippen LogP contribution in [0.5, 0.6) is 0 Å². The number of nitrogens with zero attached hydrogens (tertiary/aromatic N) is 7. The SMILES string of the molecule is O=c1ccc(-c2ccncc2)nn1CCN1CCN(Cc2ccnnc2)CC1. The van der Waals surface area contributed by atoms with E-state index in [0.29, 0.717) is 6.54 Å². The van der Waals surface area contributed by atoms with Gasteiger partial charge in [-0.3, -0.25) is 19.6 Å². The van der Waals surface area contributed by atoms with Gasteiger partial charge in [-0.1, -0.05) is 0 Å². The van der Waals surface area contributed by atoms with Crippen molar-refractivity contribution in [1.82, 2.24) is 34.8 Å². The average molecular weight is 377 g/mol. The van der Waals surface area contributed by atoms with E-state index < -0.39 is 0 Å². The monoisotopic (exact) mass is 377 g/mol. The van der Waals surface area contributed by atoms with Gasteiger partial charge in [-0.15, -0.1) is 0 Å². The normalized spacial score (nSPS) is 15.6. The fraction of sp³-hybridized carbons (Fsp3) is 0.350. The molecule has 28 heavy (non-hydrogen) atoms. The van der Waals surface area contributed by atoms with Crippen LogP contribution in [0.25, 0.3) is 11.3 Å². The van der Waals surface area contributed by atoms with Gasteiger partial charge in [-0.05, 0) is 29.8 Å². The zero-order valence-electron chi connectivity index (χ0n) is 15.7. The lowest BCUT2D eigenvalue weighted by Gasteiger charge is -2.34. The van der Waals surface area contributed by atoms with E-state index >= 15 is 0 Å². The van der Waals surface area contributed by atoms with Crippen molar-refractivity contribution < 1.29 is 0 Å². The van der Waals surface area contributed by atoms with Crippen LogP contribution in [0.1, 0.15) is 5.56 Å². The van der Waals surface area contributed by atoms with Crippen LogP contribution in [0.15, 0.2) is 59.9 Å². The largest absolute Gasteiger partial charge is 0.299 e. The Bertz CT molecular complexity index is 938. The summed E-state index contributed by atoms with van der Waals surface area (Å²) < 4.78 is 1.56. The van der Waals surface area contributed by atoms with Gasteiger partial charge in [0.05, 0.1) is 18.4 Å². The minimum Gasteiger partial charge on any atom is -0.299 e. The Hall–Kier alpha value is -2.97. The first-order chi connectivity index (χ1) is 13.8. The smallest absolute Gasteiger partial charge is 0.266 e. The molecule has 0 bridgehead atoms. The maximum Gasteiger partial charge on any atom is 0.266 e. The Morgan fingerprint density at radius 1 is 0.821 bits per heavy atom. The van der Waals surface area contributed by atoms with Crippen LogP contribution in [-0.4, -0.2) is 67.5 Å². The fourth-order valence-corrected chi connectivity index (χ4v) is 3.36. The molecule has 1 aliphatic heterocycles. The second-order valence-electron chi connectivity index (χ2n) is 6.88. The molecule has 1 aliphatic rings. The van der Waals surface area contributed by atoms with E-state index in [0.717, 1.165) is 50.5 Å². The molecule has 8 nitrogen and oxygen atoms in total. The molecule has 8 heteroatoms. The second kappa shape index (κ2) is 8.81. The zero-order valence-corrected chi connectivity index (χ0v) is 15.7. The summed E-state index contributed by atoms with van der Waals surface area (Å²) in [4.78, 5) is 21.0. The van der Waals surface area contributed by atoms with Gasteiger partial charge < -0.3 is 0 Å². The number of rotatable bonds is 6. The van der Waals surface area contributed by atoms with Crippen molar-refractivity contribution >= 4 is 0 Å². The van der Waals surface area contributed by atoms with E-state index in [1.807, 2.05) is 24.4 Å². The first-order valence-electron chi connectivity index (χ1n) is 9.47. The van der Waals surface area contributed by atoms with Crippen LogP contribution in [0.3, 0.4) is 0 Å². The third-order valence-corrected chi connectivity index (χ3v) is 4.99. The van der Waals surface area contributed by atoms with E-state index in [1.54, 1.807) is 35.4 Å². The lowest BCUT2D eigenvalue weighted by atomic mass is 10.2. The lowest BCUT2D eigenvalue weighted by molar-refractivity contribution is 0.122. The molecular weight excluding hydrogens is 354 g/mol. The Balaban J connectivity index is 1.31. The van der Waals surface area contributed by atoms with Gasteiger partial charge in [0.1, 0.15) is 0 Å². The maximum absolute atomic E-state index is 12.2. The minimum atomic E-state index is -0.0679. The van der Waals surface area contributed by atoms with Gasteiger partial charge in [0.15, 0.2) is 0 Å². The summed E-state index contributed by atoms with van der Waals surface area (Å²) in [6, 6.07) is 9.15. The standard InChI is InChI=1S/C20H23N7O/c28-20-2-1-19(18-4-6-21-7-5-18)24-27(20)14-13-25-9-11-26(12-10-25)16-17-3-8-22-23-15-17/h1-8,15H,9-14,16H2. The number of hydrogen-bond acceptors (Lipinski definition) is 7. The van der Waals surface area contributed by atoms with Crippen molar-refractivity contribution in [3.63, 3.8) is 0 Å². The van der Waals surface area contributed by atoms with Crippen molar-refractivity contribution in [3.05, 3.63) is 71.0 Å². The average Bonchev–Trinajstić information content (AvgIpc) is 2.75. The predicted octanol–water partition coefficient (Wildman–Crippen LogP) is 0.913. The zero-order chi connectivity index (χ0) is 19.2. The summed E-state index contributed by atoms with van der Waals surface area (Å²) in [5, 5.41) is 12.3. The van der Waals surface area contributed by atoms with Crippen LogP contribution in [-0.2, 0) is 13.1 Å². The molecule has 1 fully saturated rings. The molecule has 0 radical (unpaired) electrons. The summed E-state index contributed by atoms with van der Waals surface area (Å²) in [5.74, 6) is 0. The van der Waals surface area contributed by atoms with Crippen LogP contribution in [0, 0.1) is 0 Å². The predicted molar refractivity (Wildman–Crippen MR) is 105 cm³/mol. The number of pyridine rings is 1. The Labute approximate surface area is 163 Å². The van der Waals surface area contributed by atoms with Crippen molar-refractivity contribution in [2.45, 2.75) is 13.1 Å². The third kappa shape index (κ3) is 4.65. The van der Waals surface area contributed by atoms with Gasteiger partial charge in [-0.25, -0.2) is 4.68 Å². The molecule has 0 N–H and O–H groups in total. The first-order valence-corrected chi connectivity index (χ1v) is 9.47. The number of hydrogen-bond donors (Lipinski definition) is 0. The van der Waals surface area contributed by atoms with E-state index in [2.05, 4.69) is 30.1 Å². The summed E-state index contributed by atoms with van der Waals surface area (Å²) in [7, 11) is 0. The summed E-state index contributed by atoms with van der Waals surface area (Å²) >= 11 is 0. The van der Waals surface area contributed by atoms with Crippen LogP contribution >= 0.6 is 0 Å². The van der Waals surface area contributed by atoms with E-state index in [1.165, 1.54) is 5.56 Å². The Kier molecular flexibility index (Phi) is 5.79. The quantitative estimate of drug-likeness (QED) is 0.632. The maximum atomic E-state index is 12.2. The first kappa shape index (κ1) is 18.4. The van der Waals surface area contributed by atoms with Gasteiger partial charge in [-0.2, -0.15) is 15.3 Å². The van der Waals surface area contributed by atoms with Crippen molar-refractivity contribution in [2.24, 2.45) is 0 Å². The highest BCUT2D eigenvalue weighted by Crippen LogP contribution is 2.13. The summed E-state index contributed by atoms with van der Waals surface area (Å²) in [5.41, 5.74) is 2.87. The molecule has 4 rings (SSSR count). The summed E-state index contributed by atoms with van der Waals surface area (Å²) in [6.45, 7) is 6.28. The highest BCUT2D eigenvalue weighted by molar-refractivity contribution is 5.56. The third-order valence-electron chi connectivity index (χ3n) is 4.99. The number of aromatic nitrogens is 5. The van der Waals surface area contributed by atoms with Crippen LogP contribution in [0.2, 0.25) is 0 Å². The molecule has 0 aliphatic carbocycles. The van der Waals surface area contributed by atoms with Crippen molar-refractivity contribution in [3.8, 4) is 11.3 Å². The molecule has 0 spiro atoms. The molecule has 3 aromatic rings. The van der Waals surface area contributed by atoms with Crippen LogP contribution in [0.4, 0.5) is 0 Å². The Morgan fingerprint density at radius 3 is 2.36 bits per heavy atom. The molecule has 4 heterocycles. The molecule has 144 valence electrons. The lowest BCUT2D eigenvalue weighted by Crippen LogP contribution is -2.47. The Morgan fingerprint density at radius 2 is 1.61 bits per heavy atom.